The van der Waals surface area contributed by atoms with Gasteiger partial charge in [-0.15, -0.1) is 0 Å². The van der Waals surface area contributed by atoms with Crippen LogP contribution in [0.5, 0.6) is 0 Å². The van der Waals surface area contributed by atoms with Gasteiger partial charge in [0, 0.05) is 19.3 Å². The van der Waals surface area contributed by atoms with Crippen LogP contribution >= 0.6 is 0 Å². The molecule has 0 N–H and O–H groups in total. The standard InChI is InChI=1S/C67H128O6/c1-4-7-10-13-16-19-22-25-28-30-32-33-35-36-39-42-45-48-51-54-57-60-66(69)72-63-64(62-71-65(68)59-56-53-50-47-44-41-38-27-24-21-18-15-12-9-6-3)73-67(70)61-58-55-52-49-46-43-40-37-34-31-29-26-23-20-17-14-11-8-5-2/h21,24,64H,4-20,22-23,25-63H2,1-3H3/b24-21-/t64-/m1/s1. The second-order valence-corrected chi connectivity index (χ2v) is 22.7. The lowest BCUT2D eigenvalue weighted by atomic mass is 10.0. The molecular formula is C67H128O6. The van der Waals surface area contributed by atoms with E-state index in [0.29, 0.717) is 19.3 Å². The predicted molar refractivity (Wildman–Crippen MR) is 317 cm³/mol. The lowest BCUT2D eigenvalue weighted by Gasteiger charge is -2.18. The van der Waals surface area contributed by atoms with Gasteiger partial charge < -0.3 is 14.2 Å². The van der Waals surface area contributed by atoms with E-state index in [9.17, 15) is 14.4 Å². The van der Waals surface area contributed by atoms with Gasteiger partial charge in [0.15, 0.2) is 6.10 Å². The molecule has 1 atom stereocenters. The topological polar surface area (TPSA) is 78.9 Å². The third-order valence-corrected chi connectivity index (χ3v) is 15.3. The highest BCUT2D eigenvalue weighted by Gasteiger charge is 2.19. The molecule has 0 heterocycles. The molecule has 0 rings (SSSR count). The highest BCUT2D eigenvalue weighted by molar-refractivity contribution is 5.71. The maximum absolute atomic E-state index is 12.9. The van der Waals surface area contributed by atoms with Crippen molar-refractivity contribution in [3.63, 3.8) is 0 Å². The van der Waals surface area contributed by atoms with Crippen molar-refractivity contribution in [1.29, 1.82) is 0 Å². The van der Waals surface area contributed by atoms with Crippen LogP contribution in [-0.4, -0.2) is 37.2 Å². The predicted octanol–water partition coefficient (Wildman–Crippen LogP) is 22.4. The van der Waals surface area contributed by atoms with Gasteiger partial charge >= 0.3 is 17.9 Å². The van der Waals surface area contributed by atoms with Crippen molar-refractivity contribution in [2.45, 2.75) is 386 Å². The van der Waals surface area contributed by atoms with E-state index in [1.807, 2.05) is 0 Å². The number of carbonyl (C=O) groups is 3. The Labute approximate surface area is 456 Å². The lowest BCUT2D eigenvalue weighted by molar-refractivity contribution is -0.167. The van der Waals surface area contributed by atoms with Crippen LogP contribution in [0.4, 0.5) is 0 Å². The number of carbonyl (C=O) groups excluding carboxylic acids is 3. The Morgan fingerprint density at radius 3 is 0.699 bits per heavy atom. The number of esters is 3. The normalized spacial score (nSPS) is 12.0. The van der Waals surface area contributed by atoms with E-state index < -0.39 is 6.10 Å². The fourth-order valence-electron chi connectivity index (χ4n) is 10.3. The summed E-state index contributed by atoms with van der Waals surface area (Å²) in [5, 5.41) is 0. The van der Waals surface area contributed by atoms with Crippen LogP contribution in [-0.2, 0) is 28.6 Å². The van der Waals surface area contributed by atoms with Gasteiger partial charge in [-0.05, 0) is 44.9 Å². The van der Waals surface area contributed by atoms with Crippen LogP contribution in [0.3, 0.4) is 0 Å². The van der Waals surface area contributed by atoms with Crippen molar-refractivity contribution < 1.29 is 28.6 Å². The highest BCUT2D eigenvalue weighted by Crippen LogP contribution is 2.18. The number of ether oxygens (including phenoxy) is 3. The highest BCUT2D eigenvalue weighted by atomic mass is 16.6. The molecule has 6 nitrogen and oxygen atoms in total. The molecule has 0 saturated heterocycles. The Balaban J connectivity index is 4.27. The van der Waals surface area contributed by atoms with Crippen molar-refractivity contribution in [2.75, 3.05) is 13.2 Å². The van der Waals surface area contributed by atoms with Crippen molar-refractivity contribution >= 4 is 17.9 Å². The fourth-order valence-corrected chi connectivity index (χ4v) is 10.3. The summed E-state index contributed by atoms with van der Waals surface area (Å²) in [7, 11) is 0. The van der Waals surface area contributed by atoms with Gasteiger partial charge in [-0.2, -0.15) is 0 Å². The molecule has 73 heavy (non-hydrogen) atoms. The van der Waals surface area contributed by atoms with Crippen LogP contribution < -0.4 is 0 Å². The zero-order valence-corrected chi connectivity index (χ0v) is 49.7. The monoisotopic (exact) mass is 1030 g/mol. The van der Waals surface area contributed by atoms with Gasteiger partial charge in [0.25, 0.3) is 0 Å². The lowest BCUT2D eigenvalue weighted by Crippen LogP contribution is -2.30. The molecule has 0 amide bonds. The Kier molecular flexibility index (Phi) is 61.1. The quantitative estimate of drug-likeness (QED) is 0.0261. The van der Waals surface area contributed by atoms with E-state index in [0.717, 1.165) is 57.8 Å². The van der Waals surface area contributed by atoms with E-state index in [-0.39, 0.29) is 31.1 Å². The summed E-state index contributed by atoms with van der Waals surface area (Å²) in [5.74, 6) is -0.836. The van der Waals surface area contributed by atoms with Gasteiger partial charge in [0.05, 0.1) is 0 Å². The first kappa shape index (κ1) is 71.2. The summed E-state index contributed by atoms with van der Waals surface area (Å²) in [6.45, 7) is 6.71. The van der Waals surface area contributed by atoms with Gasteiger partial charge in [-0.1, -0.05) is 328 Å². The van der Waals surface area contributed by atoms with Crippen LogP contribution in [0.25, 0.3) is 0 Å². The molecule has 432 valence electrons. The molecule has 0 bridgehead atoms. The van der Waals surface area contributed by atoms with E-state index in [4.69, 9.17) is 14.2 Å². The zero-order valence-electron chi connectivity index (χ0n) is 49.7. The summed E-state index contributed by atoms with van der Waals surface area (Å²) in [6, 6.07) is 0. The van der Waals surface area contributed by atoms with Gasteiger partial charge in [-0.25, -0.2) is 0 Å². The number of allylic oxidation sites excluding steroid dienone is 2. The van der Waals surface area contributed by atoms with Crippen molar-refractivity contribution in [3.05, 3.63) is 12.2 Å². The zero-order chi connectivity index (χ0) is 52.9. The van der Waals surface area contributed by atoms with Crippen LogP contribution in [0, 0.1) is 0 Å². The summed E-state index contributed by atoms with van der Waals surface area (Å²) < 4.78 is 17.0. The first-order valence-corrected chi connectivity index (χ1v) is 33.2. The summed E-state index contributed by atoms with van der Waals surface area (Å²) in [4.78, 5) is 38.3. The minimum atomic E-state index is -0.767. The van der Waals surface area contributed by atoms with E-state index in [1.165, 1.54) is 283 Å². The molecule has 0 aliphatic rings. The SMILES string of the molecule is CCCCCC/C=C\CCCCCCCCCC(=O)OC[C@H](COC(=O)CCCCCCCCCCCCCCCCCCCCCCC)OC(=O)CCCCCCCCCCCCCCCCCCCCC. The van der Waals surface area contributed by atoms with Crippen LogP contribution in [0.1, 0.15) is 380 Å². The second kappa shape index (κ2) is 62.7. The smallest absolute Gasteiger partial charge is 0.306 e. The third-order valence-electron chi connectivity index (χ3n) is 15.3. The average molecular weight is 1030 g/mol. The molecule has 0 unspecified atom stereocenters. The Morgan fingerprint density at radius 2 is 0.452 bits per heavy atom. The summed E-state index contributed by atoms with van der Waals surface area (Å²) in [5.41, 5.74) is 0. The number of rotatable bonds is 62. The Hall–Kier alpha value is -1.85. The van der Waals surface area contributed by atoms with Gasteiger partial charge in [0.2, 0.25) is 0 Å². The molecule has 0 saturated carbocycles. The number of hydrogen-bond donors (Lipinski definition) is 0. The minimum Gasteiger partial charge on any atom is -0.462 e. The van der Waals surface area contributed by atoms with E-state index in [1.54, 1.807) is 0 Å². The summed E-state index contributed by atoms with van der Waals surface area (Å²) >= 11 is 0. The van der Waals surface area contributed by atoms with E-state index >= 15 is 0 Å². The first-order chi connectivity index (χ1) is 36.0. The molecule has 6 heteroatoms. The van der Waals surface area contributed by atoms with Crippen LogP contribution in [0.2, 0.25) is 0 Å². The van der Waals surface area contributed by atoms with Crippen molar-refractivity contribution in [3.8, 4) is 0 Å². The van der Waals surface area contributed by atoms with E-state index in [2.05, 4.69) is 32.9 Å². The molecule has 0 aromatic heterocycles. The van der Waals surface area contributed by atoms with Crippen molar-refractivity contribution in [1.82, 2.24) is 0 Å². The van der Waals surface area contributed by atoms with Crippen molar-refractivity contribution in [2.24, 2.45) is 0 Å². The van der Waals surface area contributed by atoms with Gasteiger partial charge in [0.1, 0.15) is 13.2 Å². The van der Waals surface area contributed by atoms with Gasteiger partial charge in [-0.3, -0.25) is 14.4 Å². The van der Waals surface area contributed by atoms with Crippen LogP contribution in [0.15, 0.2) is 12.2 Å². The maximum atomic E-state index is 12.9. The Morgan fingerprint density at radius 1 is 0.260 bits per heavy atom. The molecule has 0 aliphatic carbocycles. The molecule has 0 fully saturated rings. The molecule has 0 aromatic carbocycles. The molecule has 0 aromatic rings. The summed E-state index contributed by atoms with van der Waals surface area (Å²) in [6.07, 6.45) is 73.6. The number of hydrogen-bond acceptors (Lipinski definition) is 6. The molecule has 0 radical (unpaired) electrons. The first-order valence-electron chi connectivity index (χ1n) is 33.2. The Bertz CT molecular complexity index is 1130. The molecule has 0 spiro atoms. The second-order valence-electron chi connectivity index (χ2n) is 22.7. The third kappa shape index (κ3) is 60.9. The fraction of sp³-hybridized carbons (Fsp3) is 0.925. The molecular weight excluding hydrogens is 901 g/mol. The number of unbranched alkanes of at least 4 members (excludes halogenated alkanes) is 49. The average Bonchev–Trinajstić information content (AvgIpc) is 3.39. The largest absolute Gasteiger partial charge is 0.462 e. The molecule has 0 aliphatic heterocycles. The minimum absolute atomic E-state index is 0.0644. The maximum Gasteiger partial charge on any atom is 0.306 e.